The Morgan fingerprint density at radius 1 is 0.625 bits per heavy atom. The van der Waals surface area contributed by atoms with Gasteiger partial charge in [0.1, 0.15) is 0 Å². The number of carbonyl (C=O) groups is 1. The van der Waals surface area contributed by atoms with E-state index in [1.807, 2.05) is 0 Å². The van der Waals surface area contributed by atoms with Crippen molar-refractivity contribution in [3.8, 4) is 46.0 Å². The van der Waals surface area contributed by atoms with Crippen LogP contribution in [-0.4, -0.2) is 60.8 Å². The van der Waals surface area contributed by atoms with Gasteiger partial charge >= 0.3 is 0 Å². The molecule has 0 aliphatic heterocycles. The predicted octanol–water partition coefficient (Wildman–Crippen LogP) is 5.27. The van der Waals surface area contributed by atoms with Gasteiger partial charge in [-0.15, -0.1) is 0 Å². The third-order valence-corrected chi connectivity index (χ3v) is 5.88. The summed E-state index contributed by atoms with van der Waals surface area (Å²) in [6.45, 7) is 0. The van der Waals surface area contributed by atoms with E-state index in [2.05, 4.69) is 5.32 Å². The number of amides is 1. The first-order valence-electron chi connectivity index (χ1n) is 12.0. The number of phenolic OH excluding ortho intramolecular Hbond substituents is 1. The molecule has 0 aliphatic carbocycles. The second-order valence-electron chi connectivity index (χ2n) is 8.16. The van der Waals surface area contributed by atoms with Crippen molar-refractivity contribution in [2.75, 3.05) is 55.1 Å². The Labute approximate surface area is 233 Å². The summed E-state index contributed by atoms with van der Waals surface area (Å²) in [5.74, 6) is 2.34. The average Bonchev–Trinajstić information content (AvgIpc) is 2.98. The highest BCUT2D eigenvalue weighted by atomic mass is 16.5. The zero-order chi connectivity index (χ0) is 29.2. The first-order valence-corrected chi connectivity index (χ1v) is 12.0. The van der Waals surface area contributed by atoms with Gasteiger partial charge in [-0.2, -0.15) is 0 Å². The number of aromatic hydroxyl groups is 1. The summed E-state index contributed by atoms with van der Waals surface area (Å²) in [6.07, 6.45) is 6.51. The number of rotatable bonds is 12. The van der Waals surface area contributed by atoms with E-state index in [1.165, 1.54) is 61.9 Å². The molecule has 2 N–H and O–H groups in total. The van der Waals surface area contributed by atoms with Gasteiger partial charge in [0.25, 0.3) is 0 Å². The predicted molar refractivity (Wildman–Crippen MR) is 153 cm³/mol. The standard InChI is InChI=1S/C30H33NO9/c1-34-22-14-18(15-23(35-2)29(22)39-6)8-10-20-11-12-21(32)28(38-5)27(20)31-26(33)13-9-19-16-24(36-3)30(40-7)25(17-19)37-4/h8-17,32H,1-7H3,(H,31,33)/b10-8?,13-9+. The van der Waals surface area contributed by atoms with E-state index in [0.29, 0.717) is 45.6 Å². The van der Waals surface area contributed by atoms with Gasteiger partial charge < -0.3 is 43.6 Å². The number of anilines is 1. The molecule has 0 heterocycles. The molecule has 10 heteroatoms. The number of ether oxygens (including phenoxy) is 7. The number of carbonyl (C=O) groups excluding carboxylic acids is 1. The lowest BCUT2D eigenvalue weighted by Gasteiger charge is -2.15. The molecule has 3 aromatic rings. The molecule has 0 radical (unpaired) electrons. The van der Waals surface area contributed by atoms with Gasteiger partial charge in [-0.3, -0.25) is 4.79 Å². The number of methoxy groups -OCH3 is 7. The number of nitrogens with one attached hydrogen (secondary N) is 1. The minimum absolute atomic E-state index is 0.113. The Bertz CT molecular complexity index is 1360. The fourth-order valence-electron chi connectivity index (χ4n) is 3.98. The molecule has 0 fully saturated rings. The molecule has 3 aromatic carbocycles. The molecular formula is C30H33NO9. The molecular weight excluding hydrogens is 518 g/mol. The van der Waals surface area contributed by atoms with Crippen molar-refractivity contribution < 1.29 is 43.1 Å². The van der Waals surface area contributed by atoms with Crippen LogP contribution < -0.4 is 38.5 Å². The summed E-state index contributed by atoms with van der Waals surface area (Å²) in [5, 5.41) is 13.2. The molecule has 0 aliphatic rings. The molecule has 0 saturated heterocycles. The van der Waals surface area contributed by atoms with Crippen LogP contribution in [0.25, 0.3) is 18.2 Å². The Balaban J connectivity index is 1.95. The second kappa shape index (κ2) is 13.7. The van der Waals surface area contributed by atoms with Crippen molar-refractivity contribution in [2.24, 2.45) is 0 Å². The number of hydrogen-bond donors (Lipinski definition) is 2. The highest BCUT2D eigenvalue weighted by Gasteiger charge is 2.16. The summed E-state index contributed by atoms with van der Waals surface area (Å²) in [5.41, 5.74) is 2.26. The fraction of sp³-hybridized carbons (Fsp3) is 0.233. The minimum atomic E-state index is -0.458. The smallest absolute Gasteiger partial charge is 0.248 e. The number of hydrogen-bond acceptors (Lipinski definition) is 9. The van der Waals surface area contributed by atoms with Crippen LogP contribution in [0.2, 0.25) is 0 Å². The summed E-state index contributed by atoms with van der Waals surface area (Å²) >= 11 is 0. The maximum absolute atomic E-state index is 13.0. The quantitative estimate of drug-likeness (QED) is 0.229. The van der Waals surface area contributed by atoms with Crippen molar-refractivity contribution in [2.45, 2.75) is 0 Å². The lowest BCUT2D eigenvalue weighted by atomic mass is 10.1. The molecule has 0 unspecified atom stereocenters. The maximum Gasteiger partial charge on any atom is 0.248 e. The largest absolute Gasteiger partial charge is 0.504 e. The molecule has 212 valence electrons. The first-order chi connectivity index (χ1) is 19.3. The van der Waals surface area contributed by atoms with E-state index in [4.69, 9.17) is 33.2 Å². The molecule has 0 aromatic heterocycles. The number of phenols is 1. The third-order valence-electron chi connectivity index (χ3n) is 5.88. The summed E-state index contributed by atoms with van der Waals surface area (Å²) < 4.78 is 37.7. The SMILES string of the molecule is COc1cc(C=Cc2ccc(O)c(OC)c2NC(=O)/C=C/c2cc(OC)c(OC)c(OC)c2)cc(OC)c1OC. The van der Waals surface area contributed by atoms with Gasteiger partial charge in [0.2, 0.25) is 17.4 Å². The topological polar surface area (TPSA) is 114 Å². The van der Waals surface area contributed by atoms with Gasteiger partial charge in [0, 0.05) is 11.6 Å². The lowest BCUT2D eigenvalue weighted by molar-refractivity contribution is -0.111. The first kappa shape index (κ1) is 29.6. The molecule has 10 nitrogen and oxygen atoms in total. The summed E-state index contributed by atoms with van der Waals surface area (Å²) in [6, 6.07) is 10.1. The minimum Gasteiger partial charge on any atom is -0.504 e. The van der Waals surface area contributed by atoms with Gasteiger partial charge in [0.05, 0.1) is 55.5 Å². The van der Waals surface area contributed by atoms with E-state index in [9.17, 15) is 9.90 Å². The zero-order valence-corrected chi connectivity index (χ0v) is 23.5. The molecule has 0 spiro atoms. The maximum atomic E-state index is 13.0. The Hall–Kier alpha value is -4.99. The third kappa shape index (κ3) is 6.52. The van der Waals surface area contributed by atoms with Crippen molar-refractivity contribution in [3.05, 3.63) is 59.2 Å². The van der Waals surface area contributed by atoms with E-state index < -0.39 is 5.91 Å². The fourth-order valence-corrected chi connectivity index (χ4v) is 3.98. The van der Waals surface area contributed by atoms with Crippen LogP contribution in [0, 0.1) is 0 Å². The zero-order valence-electron chi connectivity index (χ0n) is 23.5. The molecule has 1 amide bonds. The molecule has 3 rings (SSSR count). The van der Waals surface area contributed by atoms with Gasteiger partial charge in [-0.1, -0.05) is 12.2 Å². The van der Waals surface area contributed by atoms with Crippen LogP contribution in [0.15, 0.2) is 42.5 Å². The van der Waals surface area contributed by atoms with Crippen LogP contribution >= 0.6 is 0 Å². The van der Waals surface area contributed by atoms with Crippen molar-refractivity contribution in [3.63, 3.8) is 0 Å². The van der Waals surface area contributed by atoms with Gasteiger partial charge in [-0.05, 0) is 53.6 Å². The highest BCUT2D eigenvalue weighted by molar-refractivity contribution is 6.05. The Morgan fingerprint density at radius 2 is 1.07 bits per heavy atom. The van der Waals surface area contributed by atoms with Crippen LogP contribution in [0.3, 0.4) is 0 Å². The van der Waals surface area contributed by atoms with Crippen LogP contribution in [-0.2, 0) is 4.79 Å². The normalized spacial score (nSPS) is 10.9. The van der Waals surface area contributed by atoms with E-state index >= 15 is 0 Å². The molecule has 0 atom stereocenters. The number of benzene rings is 3. The Morgan fingerprint density at radius 3 is 1.50 bits per heavy atom. The molecule has 0 saturated carbocycles. The van der Waals surface area contributed by atoms with E-state index in [0.717, 1.165) is 5.56 Å². The Kier molecular flexibility index (Phi) is 10.1. The van der Waals surface area contributed by atoms with Gasteiger partial charge in [-0.25, -0.2) is 0 Å². The molecule has 40 heavy (non-hydrogen) atoms. The van der Waals surface area contributed by atoms with Crippen LogP contribution in [0.5, 0.6) is 46.0 Å². The summed E-state index contributed by atoms with van der Waals surface area (Å²) in [7, 11) is 10.5. The van der Waals surface area contributed by atoms with Crippen LogP contribution in [0.1, 0.15) is 16.7 Å². The van der Waals surface area contributed by atoms with Crippen LogP contribution in [0.4, 0.5) is 5.69 Å². The van der Waals surface area contributed by atoms with E-state index in [-0.39, 0.29) is 17.2 Å². The molecule has 0 bridgehead atoms. The summed E-state index contributed by atoms with van der Waals surface area (Å²) in [4.78, 5) is 13.0. The van der Waals surface area contributed by atoms with Crippen molar-refractivity contribution in [1.82, 2.24) is 0 Å². The van der Waals surface area contributed by atoms with Crippen molar-refractivity contribution >= 4 is 29.8 Å². The monoisotopic (exact) mass is 551 g/mol. The second-order valence-corrected chi connectivity index (χ2v) is 8.16. The van der Waals surface area contributed by atoms with Crippen molar-refractivity contribution in [1.29, 1.82) is 0 Å². The highest BCUT2D eigenvalue weighted by Crippen LogP contribution is 2.41. The average molecular weight is 552 g/mol. The van der Waals surface area contributed by atoms with Gasteiger partial charge in [0.15, 0.2) is 34.5 Å². The van der Waals surface area contributed by atoms with E-state index in [1.54, 1.807) is 48.6 Å². The lowest BCUT2D eigenvalue weighted by Crippen LogP contribution is -2.10.